The summed E-state index contributed by atoms with van der Waals surface area (Å²) in [6, 6.07) is 8.11. The van der Waals surface area contributed by atoms with Gasteiger partial charge in [0, 0.05) is 5.02 Å². The van der Waals surface area contributed by atoms with Crippen molar-refractivity contribution in [3.05, 3.63) is 34.9 Å². The Balaban J connectivity index is 2.69. The topological polar surface area (TPSA) is 26.0 Å². The second-order valence-electron chi connectivity index (χ2n) is 4.41. The van der Waals surface area contributed by atoms with E-state index < -0.39 is 0 Å². The fourth-order valence-electron chi connectivity index (χ4n) is 2.36. The first-order valence-corrected chi connectivity index (χ1v) is 6.53. The molecule has 0 amide bonds. The van der Waals surface area contributed by atoms with Gasteiger partial charge in [0.05, 0.1) is 0 Å². The standard InChI is InChI=1S/C14H22ClN/c1-3-12(4-2)13(10-16)8-11-6-5-7-14(15)9-11/h5-7,9,12-13H,3-4,8,10,16H2,1-2H3. The third-order valence-corrected chi connectivity index (χ3v) is 3.64. The van der Waals surface area contributed by atoms with Crippen LogP contribution < -0.4 is 5.73 Å². The molecule has 90 valence electrons. The van der Waals surface area contributed by atoms with Crippen molar-refractivity contribution in [3.63, 3.8) is 0 Å². The maximum Gasteiger partial charge on any atom is 0.0408 e. The van der Waals surface area contributed by atoms with Crippen molar-refractivity contribution in [2.45, 2.75) is 33.1 Å². The third kappa shape index (κ3) is 3.80. The molecule has 0 fully saturated rings. The molecule has 0 saturated carbocycles. The zero-order chi connectivity index (χ0) is 12.0. The third-order valence-electron chi connectivity index (χ3n) is 3.41. The minimum absolute atomic E-state index is 0.577. The number of hydrogen-bond acceptors (Lipinski definition) is 1. The van der Waals surface area contributed by atoms with E-state index in [1.807, 2.05) is 18.2 Å². The number of rotatable bonds is 6. The summed E-state index contributed by atoms with van der Waals surface area (Å²) in [7, 11) is 0. The molecule has 2 heteroatoms. The van der Waals surface area contributed by atoms with Crippen molar-refractivity contribution in [1.29, 1.82) is 0 Å². The Hall–Kier alpha value is -0.530. The summed E-state index contributed by atoms with van der Waals surface area (Å²) >= 11 is 5.99. The van der Waals surface area contributed by atoms with Crippen LogP contribution in [0.15, 0.2) is 24.3 Å². The van der Waals surface area contributed by atoms with Gasteiger partial charge in [0.25, 0.3) is 0 Å². The molecule has 0 aromatic heterocycles. The van der Waals surface area contributed by atoms with E-state index in [1.54, 1.807) is 0 Å². The molecule has 1 aromatic carbocycles. The molecular weight excluding hydrogens is 218 g/mol. The number of hydrogen-bond donors (Lipinski definition) is 1. The van der Waals surface area contributed by atoms with Crippen LogP contribution in [-0.4, -0.2) is 6.54 Å². The highest BCUT2D eigenvalue weighted by molar-refractivity contribution is 6.30. The van der Waals surface area contributed by atoms with E-state index in [2.05, 4.69) is 19.9 Å². The lowest BCUT2D eigenvalue weighted by Gasteiger charge is -2.24. The van der Waals surface area contributed by atoms with E-state index >= 15 is 0 Å². The second kappa shape index (κ2) is 6.93. The van der Waals surface area contributed by atoms with Gasteiger partial charge in [-0.1, -0.05) is 50.4 Å². The molecule has 1 atom stereocenters. The van der Waals surface area contributed by atoms with E-state index in [0.29, 0.717) is 5.92 Å². The monoisotopic (exact) mass is 239 g/mol. The first-order chi connectivity index (χ1) is 7.71. The van der Waals surface area contributed by atoms with Gasteiger partial charge in [-0.2, -0.15) is 0 Å². The average Bonchev–Trinajstić information content (AvgIpc) is 2.29. The van der Waals surface area contributed by atoms with E-state index in [4.69, 9.17) is 17.3 Å². The smallest absolute Gasteiger partial charge is 0.0408 e. The Bertz CT molecular complexity index is 307. The van der Waals surface area contributed by atoms with E-state index in [1.165, 1.54) is 18.4 Å². The van der Waals surface area contributed by atoms with Gasteiger partial charge in [0.1, 0.15) is 0 Å². The van der Waals surface area contributed by atoms with E-state index in [0.717, 1.165) is 23.9 Å². The van der Waals surface area contributed by atoms with Crippen LogP contribution in [0.25, 0.3) is 0 Å². The highest BCUT2D eigenvalue weighted by Crippen LogP contribution is 2.23. The lowest BCUT2D eigenvalue weighted by molar-refractivity contribution is 0.318. The van der Waals surface area contributed by atoms with E-state index in [9.17, 15) is 0 Å². The zero-order valence-corrected chi connectivity index (χ0v) is 11.0. The van der Waals surface area contributed by atoms with Crippen LogP contribution in [-0.2, 0) is 6.42 Å². The van der Waals surface area contributed by atoms with Gasteiger partial charge in [-0.05, 0) is 42.5 Å². The quantitative estimate of drug-likeness (QED) is 0.801. The molecule has 2 N–H and O–H groups in total. The fourth-order valence-corrected chi connectivity index (χ4v) is 2.58. The molecule has 1 unspecified atom stereocenters. The number of benzene rings is 1. The zero-order valence-electron chi connectivity index (χ0n) is 10.2. The van der Waals surface area contributed by atoms with Crippen molar-refractivity contribution in [2.75, 3.05) is 6.54 Å². The summed E-state index contributed by atoms with van der Waals surface area (Å²) in [5, 5.41) is 0.817. The molecule has 1 rings (SSSR count). The Morgan fingerprint density at radius 1 is 1.19 bits per heavy atom. The van der Waals surface area contributed by atoms with Crippen LogP contribution >= 0.6 is 11.6 Å². The van der Waals surface area contributed by atoms with Gasteiger partial charge in [0.2, 0.25) is 0 Å². The molecule has 0 aliphatic heterocycles. The van der Waals surface area contributed by atoms with Crippen LogP contribution in [0.1, 0.15) is 32.3 Å². The second-order valence-corrected chi connectivity index (χ2v) is 4.84. The van der Waals surface area contributed by atoms with Gasteiger partial charge in [-0.15, -0.1) is 0 Å². The lowest BCUT2D eigenvalue weighted by Crippen LogP contribution is -2.25. The Labute approximate surface area is 104 Å². The van der Waals surface area contributed by atoms with Crippen LogP contribution in [0.3, 0.4) is 0 Å². The lowest BCUT2D eigenvalue weighted by atomic mass is 9.83. The Kier molecular flexibility index (Phi) is 5.86. The van der Waals surface area contributed by atoms with Gasteiger partial charge >= 0.3 is 0 Å². The largest absolute Gasteiger partial charge is 0.330 e. The molecule has 0 bridgehead atoms. The molecule has 0 radical (unpaired) electrons. The highest BCUT2D eigenvalue weighted by Gasteiger charge is 2.17. The minimum Gasteiger partial charge on any atom is -0.330 e. The number of nitrogens with two attached hydrogens (primary N) is 1. The number of halogens is 1. The summed E-state index contributed by atoms with van der Waals surface area (Å²) in [6.07, 6.45) is 3.46. The van der Waals surface area contributed by atoms with Crippen molar-refractivity contribution in [2.24, 2.45) is 17.6 Å². The van der Waals surface area contributed by atoms with Gasteiger partial charge in [-0.25, -0.2) is 0 Å². The molecule has 0 aliphatic rings. The van der Waals surface area contributed by atoms with Crippen molar-refractivity contribution < 1.29 is 0 Å². The molecular formula is C14H22ClN. The van der Waals surface area contributed by atoms with Crippen LogP contribution in [0.5, 0.6) is 0 Å². The summed E-state index contributed by atoms with van der Waals surface area (Å²) in [5.41, 5.74) is 7.18. The summed E-state index contributed by atoms with van der Waals surface area (Å²) in [6.45, 7) is 5.25. The summed E-state index contributed by atoms with van der Waals surface area (Å²) < 4.78 is 0. The van der Waals surface area contributed by atoms with E-state index in [-0.39, 0.29) is 0 Å². The summed E-state index contributed by atoms with van der Waals surface area (Å²) in [5.74, 6) is 1.30. The predicted octanol–water partition coefficient (Wildman–Crippen LogP) is 3.89. The fraction of sp³-hybridized carbons (Fsp3) is 0.571. The van der Waals surface area contributed by atoms with Crippen LogP contribution in [0.2, 0.25) is 5.02 Å². The van der Waals surface area contributed by atoms with Gasteiger partial charge < -0.3 is 5.73 Å². The highest BCUT2D eigenvalue weighted by atomic mass is 35.5. The average molecular weight is 240 g/mol. The van der Waals surface area contributed by atoms with Gasteiger partial charge in [-0.3, -0.25) is 0 Å². The van der Waals surface area contributed by atoms with Crippen LogP contribution in [0, 0.1) is 11.8 Å². The maximum absolute atomic E-state index is 5.99. The molecule has 0 aliphatic carbocycles. The summed E-state index contributed by atoms with van der Waals surface area (Å²) in [4.78, 5) is 0. The molecule has 0 spiro atoms. The first kappa shape index (κ1) is 13.5. The minimum atomic E-state index is 0.577. The van der Waals surface area contributed by atoms with Crippen molar-refractivity contribution >= 4 is 11.6 Å². The van der Waals surface area contributed by atoms with Crippen molar-refractivity contribution in [1.82, 2.24) is 0 Å². The molecule has 1 aromatic rings. The molecule has 16 heavy (non-hydrogen) atoms. The molecule has 0 saturated heterocycles. The Morgan fingerprint density at radius 2 is 1.88 bits per heavy atom. The van der Waals surface area contributed by atoms with Gasteiger partial charge in [0.15, 0.2) is 0 Å². The maximum atomic E-state index is 5.99. The normalized spacial score (nSPS) is 13.1. The SMILES string of the molecule is CCC(CC)C(CN)Cc1cccc(Cl)c1. The predicted molar refractivity (Wildman–Crippen MR) is 71.8 cm³/mol. The van der Waals surface area contributed by atoms with Crippen LogP contribution in [0.4, 0.5) is 0 Å². The molecule has 0 heterocycles. The van der Waals surface area contributed by atoms with Crippen molar-refractivity contribution in [3.8, 4) is 0 Å². The first-order valence-electron chi connectivity index (χ1n) is 6.15. The molecule has 1 nitrogen and oxygen atoms in total. The Morgan fingerprint density at radius 3 is 2.38 bits per heavy atom.